The Labute approximate surface area is 76.7 Å². The summed E-state index contributed by atoms with van der Waals surface area (Å²) < 4.78 is 5.13. The summed E-state index contributed by atoms with van der Waals surface area (Å²) in [6.45, 7) is 0.415. The van der Waals surface area contributed by atoms with E-state index in [0.717, 1.165) is 5.82 Å². The van der Waals surface area contributed by atoms with Crippen molar-refractivity contribution in [2.24, 2.45) is 5.73 Å². The molecule has 3 N–H and O–H groups in total. The second-order valence-electron chi connectivity index (χ2n) is 3.31. The van der Waals surface area contributed by atoms with Crippen LogP contribution in [-0.2, 0) is 4.74 Å². The standard InChI is InChI=1S/C8H14N4O/c1-13-6(4-9)8-10-7(11-12-8)5-2-3-5/h5-6H,2-4,9H2,1H3,(H,10,11,12). The molecule has 0 saturated heterocycles. The van der Waals surface area contributed by atoms with E-state index in [4.69, 9.17) is 10.5 Å². The summed E-state index contributed by atoms with van der Waals surface area (Å²) in [5, 5.41) is 7.00. The second-order valence-corrected chi connectivity index (χ2v) is 3.31. The van der Waals surface area contributed by atoms with Gasteiger partial charge >= 0.3 is 0 Å². The topological polar surface area (TPSA) is 76.8 Å². The van der Waals surface area contributed by atoms with Crippen molar-refractivity contribution in [3.05, 3.63) is 11.6 Å². The highest BCUT2D eigenvalue weighted by atomic mass is 16.5. The Hall–Kier alpha value is -0.940. The van der Waals surface area contributed by atoms with Crippen molar-refractivity contribution >= 4 is 0 Å². The van der Waals surface area contributed by atoms with Crippen LogP contribution in [0, 0.1) is 0 Å². The Bertz CT molecular complexity index is 277. The van der Waals surface area contributed by atoms with Crippen molar-refractivity contribution in [2.75, 3.05) is 13.7 Å². The van der Waals surface area contributed by atoms with E-state index < -0.39 is 0 Å². The van der Waals surface area contributed by atoms with Gasteiger partial charge in [0.05, 0.1) is 0 Å². The van der Waals surface area contributed by atoms with Crippen LogP contribution in [0.25, 0.3) is 0 Å². The summed E-state index contributed by atoms with van der Waals surface area (Å²) in [5.74, 6) is 2.24. The molecular formula is C8H14N4O. The van der Waals surface area contributed by atoms with E-state index in [2.05, 4.69) is 15.2 Å². The zero-order chi connectivity index (χ0) is 9.26. The molecule has 0 aromatic carbocycles. The predicted molar refractivity (Wildman–Crippen MR) is 47.2 cm³/mol. The van der Waals surface area contributed by atoms with Crippen LogP contribution in [0.1, 0.15) is 36.5 Å². The molecule has 1 saturated carbocycles. The molecule has 1 unspecified atom stereocenters. The van der Waals surface area contributed by atoms with Gasteiger partial charge in [0.2, 0.25) is 0 Å². The molecule has 1 fully saturated rings. The summed E-state index contributed by atoms with van der Waals surface area (Å²) in [7, 11) is 1.62. The van der Waals surface area contributed by atoms with Crippen LogP contribution in [-0.4, -0.2) is 28.8 Å². The molecule has 0 aliphatic heterocycles. The van der Waals surface area contributed by atoms with Crippen molar-refractivity contribution in [3.8, 4) is 0 Å². The Morgan fingerprint density at radius 2 is 2.46 bits per heavy atom. The van der Waals surface area contributed by atoms with Crippen molar-refractivity contribution in [1.82, 2.24) is 15.2 Å². The molecule has 13 heavy (non-hydrogen) atoms. The van der Waals surface area contributed by atoms with Gasteiger partial charge in [0.25, 0.3) is 0 Å². The van der Waals surface area contributed by atoms with Gasteiger partial charge in [0.15, 0.2) is 5.82 Å². The molecule has 0 bridgehead atoms. The van der Waals surface area contributed by atoms with Gasteiger partial charge in [-0.3, -0.25) is 5.10 Å². The molecule has 0 amide bonds. The monoisotopic (exact) mass is 182 g/mol. The van der Waals surface area contributed by atoms with Gasteiger partial charge in [-0.2, -0.15) is 5.10 Å². The summed E-state index contributed by atoms with van der Waals surface area (Å²) in [5.41, 5.74) is 5.50. The molecule has 2 rings (SSSR count). The summed E-state index contributed by atoms with van der Waals surface area (Å²) in [6.07, 6.45) is 2.26. The third-order valence-corrected chi connectivity index (χ3v) is 2.27. The molecule has 1 aromatic heterocycles. The van der Waals surface area contributed by atoms with Crippen LogP contribution in [0.15, 0.2) is 0 Å². The third-order valence-electron chi connectivity index (χ3n) is 2.27. The maximum atomic E-state index is 5.50. The van der Waals surface area contributed by atoms with Gasteiger partial charge < -0.3 is 10.5 Å². The van der Waals surface area contributed by atoms with Gasteiger partial charge in [0, 0.05) is 19.6 Å². The molecule has 1 aliphatic rings. The zero-order valence-corrected chi connectivity index (χ0v) is 7.66. The van der Waals surface area contributed by atoms with Crippen LogP contribution in [0.3, 0.4) is 0 Å². The van der Waals surface area contributed by atoms with Crippen LogP contribution < -0.4 is 5.73 Å². The minimum absolute atomic E-state index is 0.177. The maximum absolute atomic E-state index is 5.50. The van der Waals surface area contributed by atoms with Crippen molar-refractivity contribution in [1.29, 1.82) is 0 Å². The molecule has 72 valence electrons. The van der Waals surface area contributed by atoms with Crippen molar-refractivity contribution in [2.45, 2.75) is 24.9 Å². The second kappa shape index (κ2) is 3.43. The minimum atomic E-state index is -0.177. The summed E-state index contributed by atoms with van der Waals surface area (Å²) >= 11 is 0. The van der Waals surface area contributed by atoms with Crippen molar-refractivity contribution < 1.29 is 4.74 Å². The van der Waals surface area contributed by atoms with Crippen molar-refractivity contribution in [3.63, 3.8) is 0 Å². The average molecular weight is 182 g/mol. The first-order valence-corrected chi connectivity index (χ1v) is 4.50. The van der Waals surface area contributed by atoms with E-state index in [9.17, 15) is 0 Å². The number of H-pyrrole nitrogens is 1. The fraction of sp³-hybridized carbons (Fsp3) is 0.750. The number of hydrogen-bond acceptors (Lipinski definition) is 4. The molecule has 5 heteroatoms. The molecule has 1 aliphatic carbocycles. The largest absolute Gasteiger partial charge is 0.372 e. The Morgan fingerprint density at radius 1 is 1.69 bits per heavy atom. The fourth-order valence-electron chi connectivity index (χ4n) is 1.28. The Balaban J connectivity index is 2.10. The maximum Gasteiger partial charge on any atom is 0.180 e. The lowest BCUT2D eigenvalue weighted by Crippen LogP contribution is -2.15. The molecular weight excluding hydrogens is 168 g/mol. The number of ether oxygens (including phenoxy) is 1. The minimum Gasteiger partial charge on any atom is -0.372 e. The normalized spacial score (nSPS) is 18.9. The van der Waals surface area contributed by atoms with Crippen LogP contribution in [0.4, 0.5) is 0 Å². The number of nitrogens with zero attached hydrogens (tertiary/aromatic N) is 2. The van der Waals surface area contributed by atoms with Crippen LogP contribution in [0.5, 0.6) is 0 Å². The fourth-order valence-corrected chi connectivity index (χ4v) is 1.28. The van der Waals surface area contributed by atoms with E-state index in [-0.39, 0.29) is 6.10 Å². The predicted octanol–water partition coefficient (Wildman–Crippen LogP) is 0.328. The first-order chi connectivity index (χ1) is 6.35. The summed E-state index contributed by atoms with van der Waals surface area (Å²) in [4.78, 5) is 4.34. The summed E-state index contributed by atoms with van der Waals surface area (Å²) in [6, 6.07) is 0. The number of nitrogens with one attached hydrogen (secondary N) is 1. The third kappa shape index (κ3) is 1.71. The van der Waals surface area contributed by atoms with E-state index in [1.165, 1.54) is 12.8 Å². The first-order valence-electron chi connectivity index (χ1n) is 4.50. The average Bonchev–Trinajstić information content (AvgIpc) is 2.89. The van der Waals surface area contributed by atoms with E-state index in [1.54, 1.807) is 7.11 Å². The van der Waals surface area contributed by atoms with Gasteiger partial charge in [0.1, 0.15) is 11.9 Å². The molecule has 1 atom stereocenters. The highest BCUT2D eigenvalue weighted by Crippen LogP contribution is 2.38. The number of nitrogens with two attached hydrogens (primary N) is 1. The number of aromatic nitrogens is 3. The van der Waals surface area contributed by atoms with Crippen LogP contribution >= 0.6 is 0 Å². The Kier molecular flexibility index (Phi) is 2.28. The van der Waals surface area contributed by atoms with E-state index in [1.807, 2.05) is 0 Å². The first kappa shape index (κ1) is 8.65. The van der Waals surface area contributed by atoms with Gasteiger partial charge in [-0.05, 0) is 12.8 Å². The highest BCUT2D eigenvalue weighted by molar-refractivity contribution is 5.06. The zero-order valence-electron chi connectivity index (χ0n) is 7.66. The number of rotatable bonds is 4. The smallest absolute Gasteiger partial charge is 0.180 e. The number of aromatic amines is 1. The van der Waals surface area contributed by atoms with E-state index in [0.29, 0.717) is 18.3 Å². The number of hydrogen-bond donors (Lipinski definition) is 2. The lowest BCUT2D eigenvalue weighted by molar-refractivity contribution is 0.103. The van der Waals surface area contributed by atoms with Gasteiger partial charge in [-0.15, -0.1) is 0 Å². The van der Waals surface area contributed by atoms with Crippen LogP contribution in [0.2, 0.25) is 0 Å². The quantitative estimate of drug-likeness (QED) is 0.703. The SMILES string of the molecule is COC(CN)c1n[nH]c(C2CC2)n1. The van der Waals surface area contributed by atoms with Gasteiger partial charge in [-0.25, -0.2) is 4.98 Å². The molecule has 0 spiro atoms. The molecule has 0 radical (unpaired) electrons. The molecule has 1 aromatic rings. The van der Waals surface area contributed by atoms with E-state index >= 15 is 0 Å². The van der Waals surface area contributed by atoms with Gasteiger partial charge in [-0.1, -0.05) is 0 Å². The highest BCUT2D eigenvalue weighted by Gasteiger charge is 2.28. The molecule has 1 heterocycles. The Morgan fingerprint density at radius 3 is 3.00 bits per heavy atom. The lowest BCUT2D eigenvalue weighted by Gasteiger charge is -2.06. The number of methoxy groups -OCH3 is 1. The molecule has 5 nitrogen and oxygen atoms in total. The lowest BCUT2D eigenvalue weighted by atomic mass is 10.3.